The van der Waals surface area contributed by atoms with Gasteiger partial charge in [-0.1, -0.05) is 42.5 Å². The van der Waals surface area contributed by atoms with Gasteiger partial charge in [0.15, 0.2) is 0 Å². The minimum atomic E-state index is -0.429. The Kier molecular flexibility index (Phi) is 7.74. The normalized spacial score (nSPS) is 37.8. The van der Waals surface area contributed by atoms with Gasteiger partial charge in [0.1, 0.15) is 11.8 Å². The predicted molar refractivity (Wildman–Crippen MR) is 132 cm³/mol. The molecule has 7 rings (SSSR count). The molecule has 5 fully saturated rings. The molecule has 4 bridgehead atoms. The highest BCUT2D eigenvalue weighted by Crippen LogP contribution is 2.51. The lowest BCUT2D eigenvalue weighted by Gasteiger charge is -2.12. The number of hydrogen-bond acceptors (Lipinski definition) is 10. The standard InChI is InChI=1S/C12H16O3.C9H8O3.C8H6O4/c1-2-3-4-5-6-7-8-10-9-11(13)15-12(10)14;10-8-6-4-1-2-5(3-4)7(6)9(11)12-8;9-7-5-3-1-2-4(11-3)6(5)8(10)12-7/h2,6-7,10H,1,3-5,8-9H2;1-2,4-7H,3H2;1-6H/b7-6+;;. The molecule has 0 amide bonds. The van der Waals surface area contributed by atoms with Crippen molar-refractivity contribution in [3.05, 3.63) is 49.1 Å². The molecule has 0 radical (unpaired) electrons. The van der Waals surface area contributed by atoms with Crippen molar-refractivity contribution >= 4 is 35.8 Å². The highest BCUT2D eigenvalue weighted by atomic mass is 16.6. The summed E-state index contributed by atoms with van der Waals surface area (Å²) in [4.78, 5) is 66.4. The number of ether oxygens (including phenoxy) is 4. The number of fused-ring (bicyclic) bond motifs is 10. The lowest BCUT2D eigenvalue weighted by molar-refractivity contribution is -0.157. The fourth-order valence-corrected chi connectivity index (χ4v) is 6.27. The molecular formula is C29H30O10. The van der Waals surface area contributed by atoms with E-state index in [0.29, 0.717) is 6.42 Å². The molecule has 0 aromatic rings. The van der Waals surface area contributed by atoms with E-state index in [4.69, 9.17) is 4.74 Å². The van der Waals surface area contributed by atoms with Crippen molar-refractivity contribution in [1.29, 1.82) is 0 Å². The summed E-state index contributed by atoms with van der Waals surface area (Å²) in [5.74, 6) is -2.97. The molecule has 0 aromatic carbocycles. The maximum atomic E-state index is 11.2. The van der Waals surface area contributed by atoms with Gasteiger partial charge >= 0.3 is 35.8 Å². The molecule has 2 aliphatic carbocycles. The van der Waals surface area contributed by atoms with Gasteiger partial charge in [-0.25, -0.2) is 0 Å². The van der Waals surface area contributed by atoms with Crippen molar-refractivity contribution in [2.75, 3.05) is 0 Å². The molecule has 5 heterocycles. The largest absolute Gasteiger partial charge is 0.393 e. The van der Waals surface area contributed by atoms with Crippen molar-refractivity contribution in [2.24, 2.45) is 41.4 Å². The third kappa shape index (κ3) is 5.30. The molecule has 5 aliphatic heterocycles. The average Bonchev–Trinajstić information content (AvgIpc) is 3.74. The zero-order chi connectivity index (χ0) is 27.7. The highest BCUT2D eigenvalue weighted by molar-refractivity contribution is 5.99. The third-order valence-corrected chi connectivity index (χ3v) is 8.18. The number of carbonyl (C=O) groups is 6. The van der Waals surface area contributed by atoms with Crippen LogP contribution in [-0.4, -0.2) is 48.0 Å². The van der Waals surface area contributed by atoms with Crippen LogP contribution in [0.4, 0.5) is 0 Å². The van der Waals surface area contributed by atoms with Crippen molar-refractivity contribution in [2.45, 2.75) is 50.7 Å². The number of hydrogen-bond donors (Lipinski definition) is 0. The topological polar surface area (TPSA) is 139 Å². The van der Waals surface area contributed by atoms with Gasteiger partial charge in [-0.3, -0.25) is 28.8 Å². The lowest BCUT2D eigenvalue weighted by Crippen LogP contribution is -2.26. The third-order valence-electron chi connectivity index (χ3n) is 8.18. The summed E-state index contributed by atoms with van der Waals surface area (Å²) in [6.07, 6.45) is 18.1. The number of allylic oxidation sites excluding steroid dienone is 5. The Hall–Kier alpha value is -3.66. The van der Waals surface area contributed by atoms with Gasteiger partial charge in [-0.2, -0.15) is 0 Å². The average molecular weight is 539 g/mol. The second-order valence-electron chi connectivity index (χ2n) is 10.6. The predicted octanol–water partition coefficient (Wildman–Crippen LogP) is 2.53. The summed E-state index contributed by atoms with van der Waals surface area (Å²) < 4.78 is 18.9. The minimum absolute atomic E-state index is 0.146. The van der Waals surface area contributed by atoms with E-state index in [1.54, 1.807) is 0 Å². The molecule has 10 heteroatoms. The summed E-state index contributed by atoms with van der Waals surface area (Å²) in [6.45, 7) is 3.64. The van der Waals surface area contributed by atoms with E-state index >= 15 is 0 Å². The fraction of sp³-hybridized carbons (Fsp3) is 0.517. The van der Waals surface area contributed by atoms with Crippen molar-refractivity contribution < 1.29 is 47.7 Å². The van der Waals surface area contributed by atoms with Crippen LogP contribution < -0.4 is 0 Å². The smallest absolute Gasteiger partial charge is 0.320 e. The maximum Gasteiger partial charge on any atom is 0.320 e. The lowest BCUT2D eigenvalue weighted by atomic mass is 9.85. The Morgan fingerprint density at radius 3 is 1.77 bits per heavy atom. The van der Waals surface area contributed by atoms with Crippen LogP contribution in [0.2, 0.25) is 0 Å². The van der Waals surface area contributed by atoms with Crippen LogP contribution >= 0.6 is 0 Å². The zero-order valence-corrected chi connectivity index (χ0v) is 21.3. The Bertz CT molecular complexity index is 1060. The first kappa shape index (κ1) is 26.9. The van der Waals surface area contributed by atoms with Crippen LogP contribution in [0.25, 0.3) is 0 Å². The van der Waals surface area contributed by atoms with Gasteiger partial charge in [-0.15, -0.1) is 6.58 Å². The SMILES string of the molecule is C=CCCC/C=C/CC1CC(=O)OC1=O.O=C1OC(=O)C2C3C=CC(C3)C12.O=C1OC(=O)C2C3C=CC(O3)C12. The molecule has 1 saturated carbocycles. The van der Waals surface area contributed by atoms with E-state index in [9.17, 15) is 28.8 Å². The highest BCUT2D eigenvalue weighted by Gasteiger charge is 2.59. The molecule has 9 unspecified atom stereocenters. The van der Waals surface area contributed by atoms with E-state index in [2.05, 4.69) is 20.8 Å². The Morgan fingerprint density at radius 1 is 0.692 bits per heavy atom. The Balaban J connectivity index is 0.000000119. The van der Waals surface area contributed by atoms with Gasteiger partial charge in [0.05, 0.1) is 36.4 Å². The number of rotatable bonds is 6. The fourth-order valence-electron chi connectivity index (χ4n) is 6.27. The molecule has 4 saturated heterocycles. The van der Waals surface area contributed by atoms with Crippen molar-refractivity contribution in [3.8, 4) is 0 Å². The molecule has 39 heavy (non-hydrogen) atoms. The Labute approximate surface area is 225 Å². The van der Waals surface area contributed by atoms with Crippen LogP contribution in [0.5, 0.6) is 0 Å². The molecule has 9 atom stereocenters. The second kappa shape index (κ2) is 11.2. The van der Waals surface area contributed by atoms with Crippen LogP contribution in [0.15, 0.2) is 49.1 Å². The van der Waals surface area contributed by atoms with E-state index in [0.717, 1.165) is 25.7 Å². The van der Waals surface area contributed by atoms with Gasteiger partial charge in [0.2, 0.25) is 0 Å². The number of esters is 6. The van der Waals surface area contributed by atoms with Crippen molar-refractivity contribution in [3.63, 3.8) is 0 Å². The van der Waals surface area contributed by atoms with Crippen LogP contribution in [0.3, 0.4) is 0 Å². The molecule has 0 aromatic heterocycles. The first-order chi connectivity index (χ1) is 18.8. The van der Waals surface area contributed by atoms with Crippen molar-refractivity contribution in [1.82, 2.24) is 0 Å². The maximum absolute atomic E-state index is 11.2. The second-order valence-corrected chi connectivity index (χ2v) is 10.6. The van der Waals surface area contributed by atoms with E-state index in [1.807, 2.05) is 42.5 Å². The van der Waals surface area contributed by atoms with E-state index in [-0.39, 0.29) is 78.0 Å². The molecule has 10 nitrogen and oxygen atoms in total. The van der Waals surface area contributed by atoms with Gasteiger partial charge in [0.25, 0.3) is 0 Å². The number of carbonyl (C=O) groups excluding carboxylic acids is 6. The van der Waals surface area contributed by atoms with Gasteiger partial charge in [-0.05, 0) is 43.9 Å². The van der Waals surface area contributed by atoms with E-state index in [1.165, 1.54) is 0 Å². The number of cyclic esters (lactones) is 6. The summed E-state index contributed by atoms with van der Waals surface area (Å²) >= 11 is 0. The van der Waals surface area contributed by atoms with Gasteiger partial charge < -0.3 is 18.9 Å². The monoisotopic (exact) mass is 538 g/mol. The van der Waals surface area contributed by atoms with Crippen LogP contribution in [-0.2, 0) is 47.7 Å². The zero-order valence-electron chi connectivity index (χ0n) is 21.3. The summed E-state index contributed by atoms with van der Waals surface area (Å²) in [5, 5.41) is 0. The first-order valence-corrected chi connectivity index (χ1v) is 13.3. The van der Waals surface area contributed by atoms with Crippen LogP contribution in [0.1, 0.15) is 38.5 Å². The minimum Gasteiger partial charge on any atom is -0.393 e. The summed E-state index contributed by atoms with van der Waals surface area (Å²) in [6, 6.07) is 0. The Morgan fingerprint density at radius 2 is 1.26 bits per heavy atom. The first-order valence-electron chi connectivity index (χ1n) is 13.3. The van der Waals surface area contributed by atoms with Gasteiger partial charge in [0, 0.05) is 0 Å². The molecule has 7 aliphatic rings. The number of unbranched alkanes of at least 4 members (excludes halogenated alkanes) is 2. The van der Waals surface area contributed by atoms with Crippen LogP contribution in [0, 0.1) is 41.4 Å². The van der Waals surface area contributed by atoms with E-state index < -0.39 is 17.9 Å². The molecule has 0 spiro atoms. The molecular weight excluding hydrogens is 508 g/mol. The molecule has 0 N–H and O–H groups in total. The molecule has 206 valence electrons. The quantitative estimate of drug-likeness (QED) is 0.163. The summed E-state index contributed by atoms with van der Waals surface area (Å²) in [5.41, 5.74) is 0. The summed E-state index contributed by atoms with van der Waals surface area (Å²) in [7, 11) is 0.